The summed E-state index contributed by atoms with van der Waals surface area (Å²) in [6.45, 7) is 1.85. The number of carbonyl (C=O) groups is 1. The van der Waals surface area contributed by atoms with E-state index in [2.05, 4.69) is 5.10 Å². The van der Waals surface area contributed by atoms with E-state index >= 15 is 0 Å². The number of aldehydes is 1. The highest BCUT2D eigenvalue weighted by Crippen LogP contribution is 2.16. The van der Waals surface area contributed by atoms with Crippen molar-refractivity contribution in [1.29, 1.82) is 0 Å². The molecule has 0 aliphatic carbocycles. The lowest BCUT2D eigenvalue weighted by molar-refractivity contribution is 0.111. The number of rotatable bonds is 2. The van der Waals surface area contributed by atoms with E-state index in [-0.39, 0.29) is 0 Å². The van der Waals surface area contributed by atoms with Crippen LogP contribution in [0, 0.1) is 6.92 Å². The zero-order valence-corrected chi connectivity index (χ0v) is 8.90. The summed E-state index contributed by atoms with van der Waals surface area (Å²) < 4.78 is 1.58. The van der Waals surface area contributed by atoms with Gasteiger partial charge in [-0.25, -0.2) is 4.68 Å². The van der Waals surface area contributed by atoms with Crippen molar-refractivity contribution in [2.24, 2.45) is 0 Å². The fraction of sp³-hybridized carbons (Fsp3) is 0.0909. The summed E-state index contributed by atoms with van der Waals surface area (Å²) in [6.07, 6.45) is 2.45. The van der Waals surface area contributed by atoms with Gasteiger partial charge in [-0.3, -0.25) is 4.79 Å². The van der Waals surface area contributed by atoms with Gasteiger partial charge in [0.25, 0.3) is 0 Å². The standard InChI is InChI=1S/C11H9ClN2O/c1-8-6-13-14(11(8)7-15)10-4-2-3-9(12)5-10/h2-7H,1H3. The molecule has 0 amide bonds. The van der Waals surface area contributed by atoms with Crippen LogP contribution in [0.1, 0.15) is 16.1 Å². The highest BCUT2D eigenvalue weighted by atomic mass is 35.5. The highest BCUT2D eigenvalue weighted by Gasteiger charge is 2.07. The van der Waals surface area contributed by atoms with Crippen LogP contribution in [-0.2, 0) is 0 Å². The van der Waals surface area contributed by atoms with E-state index in [1.807, 2.05) is 19.1 Å². The quantitative estimate of drug-likeness (QED) is 0.730. The van der Waals surface area contributed by atoms with Crippen LogP contribution in [0.3, 0.4) is 0 Å². The van der Waals surface area contributed by atoms with Gasteiger partial charge in [0, 0.05) is 5.02 Å². The van der Waals surface area contributed by atoms with Crippen molar-refractivity contribution in [1.82, 2.24) is 9.78 Å². The molecule has 3 nitrogen and oxygen atoms in total. The molecular weight excluding hydrogens is 212 g/mol. The van der Waals surface area contributed by atoms with Crippen LogP contribution in [0.25, 0.3) is 5.69 Å². The number of benzene rings is 1. The first-order valence-electron chi connectivity index (χ1n) is 4.48. The lowest BCUT2D eigenvalue weighted by atomic mass is 10.2. The third-order valence-corrected chi connectivity index (χ3v) is 2.40. The summed E-state index contributed by atoms with van der Waals surface area (Å²) in [6, 6.07) is 7.22. The third kappa shape index (κ3) is 1.78. The molecule has 0 radical (unpaired) electrons. The van der Waals surface area contributed by atoms with Gasteiger partial charge in [0.2, 0.25) is 0 Å². The third-order valence-electron chi connectivity index (χ3n) is 2.16. The summed E-state index contributed by atoms with van der Waals surface area (Å²) in [7, 11) is 0. The minimum Gasteiger partial charge on any atom is -0.296 e. The first-order chi connectivity index (χ1) is 7.22. The Morgan fingerprint density at radius 1 is 1.47 bits per heavy atom. The molecule has 0 fully saturated rings. The predicted octanol–water partition coefficient (Wildman–Crippen LogP) is 2.65. The maximum atomic E-state index is 10.9. The molecule has 2 rings (SSSR count). The van der Waals surface area contributed by atoms with Crippen molar-refractivity contribution < 1.29 is 4.79 Å². The molecule has 1 aromatic carbocycles. The van der Waals surface area contributed by atoms with Gasteiger partial charge in [-0.05, 0) is 30.7 Å². The number of nitrogens with zero attached hydrogens (tertiary/aromatic N) is 2. The molecular formula is C11H9ClN2O. The second kappa shape index (κ2) is 3.87. The first-order valence-corrected chi connectivity index (χ1v) is 4.86. The Hall–Kier alpha value is -1.61. The Balaban J connectivity index is 2.58. The van der Waals surface area contributed by atoms with Gasteiger partial charge in [-0.1, -0.05) is 17.7 Å². The van der Waals surface area contributed by atoms with E-state index in [0.717, 1.165) is 17.5 Å². The lowest BCUT2D eigenvalue weighted by Crippen LogP contribution is -2.01. The summed E-state index contributed by atoms with van der Waals surface area (Å²) in [5.74, 6) is 0. The van der Waals surface area contributed by atoms with Gasteiger partial charge in [0.15, 0.2) is 6.29 Å². The van der Waals surface area contributed by atoms with Gasteiger partial charge in [0.05, 0.1) is 11.9 Å². The SMILES string of the molecule is Cc1cnn(-c2cccc(Cl)c2)c1C=O. The van der Waals surface area contributed by atoms with Crippen molar-refractivity contribution in [3.63, 3.8) is 0 Å². The molecule has 76 valence electrons. The van der Waals surface area contributed by atoms with E-state index in [0.29, 0.717) is 10.7 Å². The van der Waals surface area contributed by atoms with Gasteiger partial charge in [-0.15, -0.1) is 0 Å². The topological polar surface area (TPSA) is 34.9 Å². The van der Waals surface area contributed by atoms with Gasteiger partial charge in [-0.2, -0.15) is 5.10 Å². The summed E-state index contributed by atoms with van der Waals surface area (Å²) in [4.78, 5) is 10.9. The van der Waals surface area contributed by atoms with Crippen molar-refractivity contribution in [3.8, 4) is 5.69 Å². The normalized spacial score (nSPS) is 10.3. The molecule has 0 saturated heterocycles. The van der Waals surface area contributed by atoms with E-state index in [1.54, 1.807) is 23.0 Å². The van der Waals surface area contributed by atoms with Crippen LogP contribution < -0.4 is 0 Å². The van der Waals surface area contributed by atoms with Crippen LogP contribution in [0.5, 0.6) is 0 Å². The van der Waals surface area contributed by atoms with Crippen LogP contribution in [0.2, 0.25) is 5.02 Å². The zero-order valence-electron chi connectivity index (χ0n) is 8.14. The summed E-state index contributed by atoms with van der Waals surface area (Å²) in [5, 5.41) is 4.75. The first kappa shape index (κ1) is 9.93. The highest BCUT2D eigenvalue weighted by molar-refractivity contribution is 6.30. The smallest absolute Gasteiger partial charge is 0.168 e. The Bertz CT molecular complexity index is 505. The zero-order chi connectivity index (χ0) is 10.8. The lowest BCUT2D eigenvalue weighted by Gasteiger charge is -2.03. The number of halogens is 1. The molecule has 2 aromatic rings. The molecule has 0 spiro atoms. The molecule has 0 aliphatic rings. The number of hydrogen-bond donors (Lipinski definition) is 0. The number of carbonyl (C=O) groups excluding carboxylic acids is 1. The largest absolute Gasteiger partial charge is 0.296 e. The number of aromatic nitrogens is 2. The summed E-state index contributed by atoms with van der Waals surface area (Å²) in [5.41, 5.74) is 2.19. The fourth-order valence-electron chi connectivity index (χ4n) is 1.40. The number of hydrogen-bond acceptors (Lipinski definition) is 2. The molecule has 0 unspecified atom stereocenters. The average molecular weight is 221 g/mol. The average Bonchev–Trinajstić information content (AvgIpc) is 2.59. The molecule has 1 heterocycles. The van der Waals surface area contributed by atoms with Gasteiger partial charge >= 0.3 is 0 Å². The van der Waals surface area contributed by atoms with Crippen molar-refractivity contribution in [2.45, 2.75) is 6.92 Å². The fourth-order valence-corrected chi connectivity index (χ4v) is 1.58. The van der Waals surface area contributed by atoms with E-state index in [4.69, 9.17) is 11.6 Å². The molecule has 1 aromatic heterocycles. The molecule has 0 aliphatic heterocycles. The van der Waals surface area contributed by atoms with E-state index in [1.165, 1.54) is 0 Å². The van der Waals surface area contributed by atoms with Crippen LogP contribution in [0.15, 0.2) is 30.5 Å². The maximum absolute atomic E-state index is 10.9. The maximum Gasteiger partial charge on any atom is 0.168 e. The predicted molar refractivity (Wildman–Crippen MR) is 58.7 cm³/mol. The van der Waals surface area contributed by atoms with E-state index in [9.17, 15) is 4.79 Å². The van der Waals surface area contributed by atoms with Crippen molar-refractivity contribution in [2.75, 3.05) is 0 Å². The Labute approximate surface area is 92.3 Å². The monoisotopic (exact) mass is 220 g/mol. The minimum absolute atomic E-state index is 0.553. The molecule has 0 N–H and O–H groups in total. The Kier molecular flexibility index (Phi) is 2.56. The minimum atomic E-state index is 0.553. The van der Waals surface area contributed by atoms with Gasteiger partial charge in [0.1, 0.15) is 5.69 Å². The van der Waals surface area contributed by atoms with Crippen LogP contribution in [0.4, 0.5) is 0 Å². The number of aryl methyl sites for hydroxylation is 1. The molecule has 4 heteroatoms. The van der Waals surface area contributed by atoms with Crippen molar-refractivity contribution >= 4 is 17.9 Å². The van der Waals surface area contributed by atoms with Gasteiger partial charge < -0.3 is 0 Å². The second-order valence-electron chi connectivity index (χ2n) is 3.22. The Morgan fingerprint density at radius 2 is 2.27 bits per heavy atom. The summed E-state index contributed by atoms with van der Waals surface area (Å²) >= 11 is 5.87. The molecule has 0 saturated carbocycles. The molecule has 0 bridgehead atoms. The van der Waals surface area contributed by atoms with E-state index < -0.39 is 0 Å². The van der Waals surface area contributed by atoms with Crippen molar-refractivity contribution in [3.05, 3.63) is 46.7 Å². The molecule has 15 heavy (non-hydrogen) atoms. The second-order valence-corrected chi connectivity index (χ2v) is 3.66. The van der Waals surface area contributed by atoms with Crippen LogP contribution in [-0.4, -0.2) is 16.1 Å². The molecule has 0 atom stereocenters. The Morgan fingerprint density at radius 3 is 2.93 bits per heavy atom. The van der Waals surface area contributed by atoms with Crippen LogP contribution >= 0.6 is 11.6 Å².